The second-order valence-electron chi connectivity index (χ2n) is 9.03. The van der Waals surface area contributed by atoms with Crippen molar-refractivity contribution < 1.29 is 54.5 Å². The van der Waals surface area contributed by atoms with E-state index in [1.807, 2.05) is 36.9 Å². The van der Waals surface area contributed by atoms with Gasteiger partial charge in [0, 0.05) is 34.8 Å². The van der Waals surface area contributed by atoms with Crippen LogP contribution < -0.4 is 40.0 Å². The number of hydrogen-bond acceptors (Lipinski definition) is 9. The second-order valence-corrected chi connectivity index (χ2v) is 10.8. The van der Waals surface area contributed by atoms with Gasteiger partial charge >= 0.3 is 29.6 Å². The van der Waals surface area contributed by atoms with Crippen LogP contribution in [-0.4, -0.2) is 66.9 Å². The summed E-state index contributed by atoms with van der Waals surface area (Å²) in [7, 11) is 0. The Morgan fingerprint density at radius 3 is 2.69 bits per heavy atom. The Kier molecular flexibility index (Phi) is 8.67. The van der Waals surface area contributed by atoms with Crippen LogP contribution in [0.2, 0.25) is 0 Å². The van der Waals surface area contributed by atoms with Crippen molar-refractivity contribution in [2.45, 2.75) is 55.6 Å². The van der Waals surface area contributed by atoms with Gasteiger partial charge < -0.3 is 25.4 Å². The van der Waals surface area contributed by atoms with Crippen LogP contribution in [0.15, 0.2) is 41.5 Å². The number of hydrogen-bond donors (Lipinski definition) is 3. The molecule has 4 rings (SSSR count). The van der Waals surface area contributed by atoms with E-state index in [0.29, 0.717) is 28.9 Å². The summed E-state index contributed by atoms with van der Waals surface area (Å²) in [5.74, 6) is -1.54. The molecule has 2 saturated heterocycles. The number of carbonyl (C=O) groups excluding carboxylic acids is 2. The van der Waals surface area contributed by atoms with Crippen molar-refractivity contribution in [3.63, 3.8) is 0 Å². The van der Waals surface area contributed by atoms with Crippen LogP contribution in [0.25, 0.3) is 0 Å². The number of carboxylic acids is 1. The van der Waals surface area contributed by atoms with Gasteiger partial charge in [-0.15, -0.1) is 11.8 Å². The summed E-state index contributed by atoms with van der Waals surface area (Å²) in [6.45, 7) is 5.45. The third kappa shape index (κ3) is 5.42. The number of rotatable bonds is 7. The fourth-order valence-corrected chi connectivity index (χ4v) is 6.15. The van der Waals surface area contributed by atoms with Crippen molar-refractivity contribution >= 4 is 29.9 Å². The van der Waals surface area contributed by atoms with Crippen molar-refractivity contribution in [3.05, 3.63) is 58.9 Å². The summed E-state index contributed by atoms with van der Waals surface area (Å²) in [5, 5.41) is 34.5. The van der Waals surface area contributed by atoms with Crippen LogP contribution in [0.1, 0.15) is 42.3 Å². The molecule has 3 N–H and O–H groups in total. The van der Waals surface area contributed by atoms with Crippen LogP contribution in [0, 0.1) is 6.92 Å². The van der Waals surface area contributed by atoms with Gasteiger partial charge in [-0.05, 0) is 26.3 Å². The van der Waals surface area contributed by atoms with E-state index in [2.05, 4.69) is 15.3 Å². The first-order valence-electron chi connectivity index (χ1n) is 10.9. The number of aliphatic carboxylic acids is 1. The zero-order valence-corrected chi connectivity index (χ0v) is 23.0. The van der Waals surface area contributed by atoms with Gasteiger partial charge in [0.15, 0.2) is 6.04 Å². The average Bonchev–Trinajstić information content (AvgIpc) is 3.01. The quantitative estimate of drug-likeness (QED) is 0.277. The van der Waals surface area contributed by atoms with E-state index in [9.17, 15) is 24.9 Å². The number of carbonyl (C=O) groups is 2. The van der Waals surface area contributed by atoms with Gasteiger partial charge in [0.05, 0.1) is 35.7 Å². The SMILES string of the molecule is Cc1ncc(CO)c(C=NC(C(=O)N[C@@H]2CN3[C@@H]2SC(C)(C)[C@@H]3C(=O)[O-])c2ccccc2)c1O.[Na+]. The predicted octanol–water partition coefficient (Wildman–Crippen LogP) is -2.48. The fourth-order valence-electron chi connectivity index (χ4n) is 4.50. The summed E-state index contributed by atoms with van der Waals surface area (Å²) in [5.41, 5.74) is 1.75. The Morgan fingerprint density at radius 1 is 1.37 bits per heavy atom. The largest absolute Gasteiger partial charge is 1.00 e. The monoisotopic (exact) mass is 506 g/mol. The Balaban J connectivity index is 0.00000342. The number of aryl methyl sites for hydroxylation is 1. The van der Waals surface area contributed by atoms with Gasteiger partial charge in [-0.1, -0.05) is 30.3 Å². The number of carboxylic acid groups (broad SMARTS) is 1. The number of aliphatic hydroxyl groups excluding tert-OH is 1. The molecule has 0 aliphatic carbocycles. The van der Waals surface area contributed by atoms with Crippen LogP contribution in [0.4, 0.5) is 0 Å². The molecule has 1 amide bonds. The van der Waals surface area contributed by atoms with Gasteiger partial charge in [0.1, 0.15) is 5.75 Å². The molecule has 180 valence electrons. The average molecular weight is 507 g/mol. The first kappa shape index (κ1) is 27.6. The normalized spacial score (nSPS) is 23.7. The molecule has 2 aliphatic rings. The summed E-state index contributed by atoms with van der Waals surface area (Å²) in [6.07, 6.45) is 2.85. The maximum Gasteiger partial charge on any atom is 1.00 e. The Bertz CT molecular complexity index is 1130. The molecule has 0 spiro atoms. The molecule has 2 fully saturated rings. The minimum atomic E-state index is -1.11. The standard InChI is InChI=1S/C24H28N4O5S.Na/c1-13-19(30)16(15(12-29)9-25-13)10-26-18(14-7-5-4-6-8-14)21(31)27-17-11-28-20(23(32)33)24(2,3)34-22(17)28;/h4-10,17-18,20,22,29-30H,11-12H2,1-3H3,(H,27,31)(H,32,33);/q;+1/p-1/t17-,18?,20+,22-;/m1./s1. The number of aromatic nitrogens is 1. The number of amides is 1. The third-order valence-corrected chi connectivity index (χ3v) is 7.96. The van der Waals surface area contributed by atoms with Crippen molar-refractivity contribution in [2.75, 3.05) is 6.54 Å². The molecule has 0 saturated carbocycles. The molecule has 1 aromatic carbocycles. The van der Waals surface area contributed by atoms with Crippen LogP contribution in [0.5, 0.6) is 5.75 Å². The van der Waals surface area contributed by atoms with E-state index in [4.69, 9.17) is 0 Å². The number of nitrogens with zero attached hydrogens (tertiary/aromatic N) is 3. The van der Waals surface area contributed by atoms with Gasteiger partial charge in [-0.2, -0.15) is 0 Å². The van der Waals surface area contributed by atoms with Gasteiger partial charge in [0.2, 0.25) is 5.91 Å². The minimum Gasteiger partial charge on any atom is -0.548 e. The number of aromatic hydroxyl groups is 1. The number of aliphatic hydroxyl groups is 1. The van der Waals surface area contributed by atoms with Crippen molar-refractivity contribution in [2.24, 2.45) is 4.99 Å². The van der Waals surface area contributed by atoms with E-state index in [1.165, 1.54) is 24.2 Å². The summed E-state index contributed by atoms with van der Waals surface area (Å²) in [6, 6.07) is 7.20. The summed E-state index contributed by atoms with van der Waals surface area (Å²) < 4.78 is -0.530. The molecular weight excluding hydrogens is 479 g/mol. The molecular formula is C24H27N4NaO5S. The Labute approximate surface area is 230 Å². The van der Waals surface area contributed by atoms with Crippen molar-refractivity contribution in [3.8, 4) is 5.75 Å². The van der Waals surface area contributed by atoms with Crippen molar-refractivity contribution in [1.29, 1.82) is 0 Å². The van der Waals surface area contributed by atoms with Crippen molar-refractivity contribution in [1.82, 2.24) is 15.2 Å². The number of benzene rings is 1. The van der Waals surface area contributed by atoms with E-state index in [0.717, 1.165) is 0 Å². The maximum atomic E-state index is 13.3. The zero-order valence-electron chi connectivity index (χ0n) is 20.1. The molecule has 0 radical (unpaired) electrons. The van der Waals surface area contributed by atoms with Gasteiger partial charge in [-0.3, -0.25) is 19.7 Å². The maximum absolute atomic E-state index is 13.3. The number of aliphatic imine (C=N–C) groups is 1. The second kappa shape index (κ2) is 11.0. The Hall–Kier alpha value is -1.95. The van der Waals surface area contributed by atoms with Gasteiger partial charge in [0.25, 0.3) is 0 Å². The minimum absolute atomic E-state index is 0. The van der Waals surface area contributed by atoms with E-state index < -0.39 is 22.8 Å². The van der Waals surface area contributed by atoms with Gasteiger partial charge in [-0.25, -0.2) is 0 Å². The smallest absolute Gasteiger partial charge is 0.548 e. The number of fused-ring (bicyclic) bond motifs is 1. The predicted molar refractivity (Wildman–Crippen MR) is 126 cm³/mol. The topological polar surface area (TPSA) is 138 Å². The van der Waals surface area contributed by atoms with E-state index in [1.54, 1.807) is 19.1 Å². The summed E-state index contributed by atoms with van der Waals surface area (Å²) >= 11 is 1.51. The molecule has 4 atom stereocenters. The van der Waals surface area contributed by atoms with Crippen LogP contribution in [-0.2, 0) is 16.2 Å². The first-order valence-corrected chi connectivity index (χ1v) is 11.8. The molecule has 0 bridgehead atoms. The summed E-state index contributed by atoms with van der Waals surface area (Å²) in [4.78, 5) is 35.3. The number of pyridine rings is 1. The van der Waals surface area contributed by atoms with Crippen LogP contribution >= 0.6 is 11.8 Å². The molecule has 2 aromatic rings. The molecule has 11 heteroatoms. The molecule has 9 nitrogen and oxygen atoms in total. The molecule has 1 aromatic heterocycles. The molecule has 2 aliphatic heterocycles. The van der Waals surface area contributed by atoms with Crippen LogP contribution in [0.3, 0.4) is 0 Å². The number of nitrogens with one attached hydrogen (secondary N) is 1. The molecule has 35 heavy (non-hydrogen) atoms. The first-order chi connectivity index (χ1) is 16.1. The third-order valence-electron chi connectivity index (χ3n) is 6.29. The van der Waals surface area contributed by atoms with E-state index in [-0.39, 0.29) is 59.2 Å². The number of thioether (sulfide) groups is 1. The fraction of sp³-hybridized carbons (Fsp3) is 0.417. The molecule has 1 unspecified atom stereocenters. The molecule has 3 heterocycles. The zero-order chi connectivity index (χ0) is 24.6. The Morgan fingerprint density at radius 2 is 2.06 bits per heavy atom. The van der Waals surface area contributed by atoms with E-state index >= 15 is 0 Å².